The number of nitrogens with one attached hydrogen (secondary N) is 1. The highest BCUT2D eigenvalue weighted by molar-refractivity contribution is 5.94. The number of anilines is 2. The number of hydrogen-bond acceptors (Lipinski definition) is 5. The van der Waals surface area contributed by atoms with Crippen molar-refractivity contribution in [3.05, 3.63) is 66.0 Å². The Bertz CT molecular complexity index is 1030. The third kappa shape index (κ3) is 3.04. The molecule has 0 aliphatic carbocycles. The van der Waals surface area contributed by atoms with Crippen molar-refractivity contribution in [3.63, 3.8) is 0 Å². The molecule has 130 valence electrons. The molecule has 4 aromatic rings. The number of aryl methyl sites for hydroxylation is 1. The first-order chi connectivity index (χ1) is 12.6. The molecule has 0 saturated heterocycles. The summed E-state index contributed by atoms with van der Waals surface area (Å²) in [5.74, 6) is 1.11. The van der Waals surface area contributed by atoms with Crippen LogP contribution < -0.4 is 5.32 Å². The lowest BCUT2D eigenvalue weighted by Crippen LogP contribution is -1.96. The zero-order valence-corrected chi connectivity index (χ0v) is 15.0. The molecule has 0 fully saturated rings. The van der Waals surface area contributed by atoms with Gasteiger partial charge in [-0.25, -0.2) is 9.97 Å². The molecule has 4 rings (SSSR count). The molecular formula is C21H20N4O. The Morgan fingerprint density at radius 1 is 0.923 bits per heavy atom. The number of benzene rings is 2. The maximum absolute atomic E-state index is 5.56. The molecule has 0 saturated carbocycles. The van der Waals surface area contributed by atoms with Crippen LogP contribution in [0, 0.1) is 6.92 Å². The Labute approximate surface area is 152 Å². The maximum atomic E-state index is 5.56. The van der Waals surface area contributed by atoms with Crippen LogP contribution in [0.1, 0.15) is 30.9 Å². The van der Waals surface area contributed by atoms with E-state index in [1.165, 1.54) is 17.5 Å². The van der Waals surface area contributed by atoms with Gasteiger partial charge in [-0.15, -0.1) is 0 Å². The van der Waals surface area contributed by atoms with Crippen molar-refractivity contribution < 1.29 is 4.52 Å². The molecule has 26 heavy (non-hydrogen) atoms. The third-order valence-electron chi connectivity index (χ3n) is 4.42. The van der Waals surface area contributed by atoms with Crippen molar-refractivity contribution in [1.82, 2.24) is 15.1 Å². The smallest absolute Gasteiger partial charge is 0.228 e. The van der Waals surface area contributed by atoms with Gasteiger partial charge in [0.1, 0.15) is 17.5 Å². The van der Waals surface area contributed by atoms with Crippen LogP contribution in [0.15, 0.2) is 59.4 Å². The van der Waals surface area contributed by atoms with Crippen molar-refractivity contribution in [2.24, 2.45) is 0 Å². The summed E-state index contributed by atoms with van der Waals surface area (Å²) >= 11 is 0. The van der Waals surface area contributed by atoms with Crippen LogP contribution in [-0.2, 0) is 0 Å². The number of rotatable bonds is 4. The second-order valence-corrected chi connectivity index (χ2v) is 6.70. The van der Waals surface area contributed by atoms with Gasteiger partial charge in [0.2, 0.25) is 5.58 Å². The van der Waals surface area contributed by atoms with E-state index in [-0.39, 0.29) is 0 Å². The summed E-state index contributed by atoms with van der Waals surface area (Å²) in [6.45, 7) is 6.41. The van der Waals surface area contributed by atoms with Gasteiger partial charge in [0, 0.05) is 11.3 Å². The second-order valence-electron chi connectivity index (χ2n) is 6.70. The molecule has 0 spiro atoms. The summed E-state index contributed by atoms with van der Waals surface area (Å²) in [5.41, 5.74) is 6.39. The maximum Gasteiger partial charge on any atom is 0.228 e. The van der Waals surface area contributed by atoms with E-state index < -0.39 is 0 Å². The standard InChI is InChI=1S/C21H20N4O/c1-13(2)15-8-10-17(11-9-15)24-21-20-19(22-12-23-21)18(25-26-20)16-6-4-14(3)5-7-16/h4-13H,1-3H3,(H,22,23,24). The van der Waals surface area contributed by atoms with Gasteiger partial charge in [-0.05, 0) is 30.5 Å². The molecule has 5 heteroatoms. The molecule has 0 bridgehead atoms. The van der Waals surface area contributed by atoms with Gasteiger partial charge in [0.25, 0.3) is 0 Å². The summed E-state index contributed by atoms with van der Waals surface area (Å²) in [5, 5.41) is 7.52. The van der Waals surface area contributed by atoms with Crippen LogP contribution in [0.4, 0.5) is 11.5 Å². The van der Waals surface area contributed by atoms with E-state index in [2.05, 4.69) is 53.3 Å². The highest BCUT2D eigenvalue weighted by atomic mass is 16.5. The second kappa shape index (κ2) is 6.59. The minimum Gasteiger partial charge on any atom is -0.350 e. The normalized spacial score (nSPS) is 11.2. The fourth-order valence-corrected chi connectivity index (χ4v) is 2.84. The van der Waals surface area contributed by atoms with Crippen LogP contribution in [0.5, 0.6) is 0 Å². The first-order valence-corrected chi connectivity index (χ1v) is 8.66. The molecule has 0 unspecified atom stereocenters. The quantitative estimate of drug-likeness (QED) is 0.532. The highest BCUT2D eigenvalue weighted by Crippen LogP contribution is 2.31. The van der Waals surface area contributed by atoms with Crippen LogP contribution in [0.25, 0.3) is 22.4 Å². The van der Waals surface area contributed by atoms with E-state index in [1.807, 2.05) is 36.4 Å². The molecule has 2 aromatic heterocycles. The van der Waals surface area contributed by atoms with E-state index in [4.69, 9.17) is 4.52 Å². The minimum atomic E-state index is 0.501. The van der Waals surface area contributed by atoms with Gasteiger partial charge in [-0.1, -0.05) is 61.0 Å². The molecule has 0 atom stereocenters. The molecule has 2 heterocycles. The van der Waals surface area contributed by atoms with Gasteiger partial charge >= 0.3 is 0 Å². The largest absolute Gasteiger partial charge is 0.350 e. The number of fused-ring (bicyclic) bond motifs is 1. The van der Waals surface area contributed by atoms with E-state index >= 15 is 0 Å². The lowest BCUT2D eigenvalue weighted by Gasteiger charge is -2.08. The van der Waals surface area contributed by atoms with Crippen molar-refractivity contribution in [2.75, 3.05) is 5.32 Å². The number of hydrogen-bond donors (Lipinski definition) is 1. The molecule has 2 aromatic carbocycles. The molecule has 1 N–H and O–H groups in total. The predicted molar refractivity (Wildman–Crippen MR) is 104 cm³/mol. The Balaban J connectivity index is 1.69. The monoisotopic (exact) mass is 344 g/mol. The summed E-state index contributed by atoms with van der Waals surface area (Å²) in [7, 11) is 0. The van der Waals surface area contributed by atoms with Crippen molar-refractivity contribution in [2.45, 2.75) is 26.7 Å². The molecule has 0 aliphatic rings. The zero-order valence-electron chi connectivity index (χ0n) is 15.0. The molecule has 0 radical (unpaired) electrons. The average molecular weight is 344 g/mol. The van der Waals surface area contributed by atoms with E-state index in [0.29, 0.717) is 22.8 Å². The van der Waals surface area contributed by atoms with Crippen LogP contribution in [-0.4, -0.2) is 15.1 Å². The fourth-order valence-electron chi connectivity index (χ4n) is 2.84. The molecule has 5 nitrogen and oxygen atoms in total. The van der Waals surface area contributed by atoms with Crippen LogP contribution in [0.2, 0.25) is 0 Å². The van der Waals surface area contributed by atoms with E-state index in [1.54, 1.807) is 0 Å². The Morgan fingerprint density at radius 2 is 1.65 bits per heavy atom. The van der Waals surface area contributed by atoms with Crippen molar-refractivity contribution in [3.8, 4) is 11.3 Å². The Kier molecular flexibility index (Phi) is 4.13. The van der Waals surface area contributed by atoms with Crippen molar-refractivity contribution in [1.29, 1.82) is 0 Å². The van der Waals surface area contributed by atoms with Gasteiger partial charge in [-0.2, -0.15) is 0 Å². The van der Waals surface area contributed by atoms with Crippen LogP contribution >= 0.6 is 0 Å². The first-order valence-electron chi connectivity index (χ1n) is 8.66. The summed E-state index contributed by atoms with van der Waals surface area (Å²) in [6, 6.07) is 16.5. The third-order valence-corrected chi connectivity index (χ3v) is 4.42. The zero-order chi connectivity index (χ0) is 18.1. The number of aromatic nitrogens is 3. The summed E-state index contributed by atoms with van der Waals surface area (Å²) in [4.78, 5) is 8.70. The lowest BCUT2D eigenvalue weighted by atomic mass is 10.0. The summed E-state index contributed by atoms with van der Waals surface area (Å²) < 4.78 is 5.56. The average Bonchev–Trinajstić information content (AvgIpc) is 3.08. The van der Waals surface area contributed by atoms with E-state index in [9.17, 15) is 0 Å². The van der Waals surface area contributed by atoms with Crippen molar-refractivity contribution >= 4 is 22.6 Å². The van der Waals surface area contributed by atoms with Crippen LogP contribution in [0.3, 0.4) is 0 Å². The molecular weight excluding hydrogens is 324 g/mol. The SMILES string of the molecule is Cc1ccc(-c2noc3c(Nc4ccc(C(C)C)cc4)ncnc23)cc1. The summed E-state index contributed by atoms with van der Waals surface area (Å²) in [6.07, 6.45) is 1.53. The first kappa shape index (κ1) is 16.3. The van der Waals surface area contributed by atoms with Gasteiger partial charge in [-0.3, -0.25) is 0 Å². The Hall–Kier alpha value is -3.21. The predicted octanol–water partition coefficient (Wildman–Crippen LogP) is 5.46. The van der Waals surface area contributed by atoms with Gasteiger partial charge in [0.15, 0.2) is 5.82 Å². The lowest BCUT2D eigenvalue weighted by molar-refractivity contribution is 0.459. The van der Waals surface area contributed by atoms with Gasteiger partial charge in [0.05, 0.1) is 0 Å². The minimum absolute atomic E-state index is 0.501. The topological polar surface area (TPSA) is 63.8 Å². The fraction of sp³-hybridized carbons (Fsp3) is 0.190. The van der Waals surface area contributed by atoms with E-state index in [0.717, 1.165) is 16.9 Å². The van der Waals surface area contributed by atoms with Gasteiger partial charge < -0.3 is 9.84 Å². The number of nitrogens with zero attached hydrogens (tertiary/aromatic N) is 3. The highest BCUT2D eigenvalue weighted by Gasteiger charge is 2.16. The molecule has 0 aliphatic heterocycles. The molecule has 0 amide bonds. The Morgan fingerprint density at radius 3 is 2.35 bits per heavy atom.